The zero-order valence-corrected chi connectivity index (χ0v) is 12.4. The van der Waals surface area contributed by atoms with E-state index in [1.807, 2.05) is 35.3 Å². The number of hydrazine groups is 1. The third kappa shape index (κ3) is 3.62. The number of benzene rings is 1. The van der Waals surface area contributed by atoms with Crippen molar-refractivity contribution in [1.82, 2.24) is 15.4 Å². The molecular weight excluding hydrogens is 276 g/mol. The van der Waals surface area contributed by atoms with E-state index in [0.29, 0.717) is 5.69 Å². The second-order valence-electron chi connectivity index (χ2n) is 5.32. The third-order valence-electron chi connectivity index (χ3n) is 3.69. The van der Waals surface area contributed by atoms with Crippen molar-refractivity contribution >= 4 is 11.7 Å². The lowest BCUT2D eigenvalue weighted by atomic mass is 10.1. The number of pyridine rings is 1. The number of piperidine rings is 1. The number of nitrogens with zero attached hydrogens (tertiary/aromatic N) is 2. The Morgan fingerprint density at radius 2 is 1.86 bits per heavy atom. The normalized spacial score (nSPS) is 15.3. The minimum absolute atomic E-state index is 0.223. The first kappa shape index (κ1) is 14.5. The van der Waals surface area contributed by atoms with Gasteiger partial charge in [-0.3, -0.25) is 10.4 Å². The van der Waals surface area contributed by atoms with E-state index in [4.69, 9.17) is 0 Å². The van der Waals surface area contributed by atoms with Crippen molar-refractivity contribution in [2.24, 2.45) is 0 Å². The molecule has 2 aromatic rings. The van der Waals surface area contributed by atoms with Gasteiger partial charge in [0.2, 0.25) is 0 Å². The summed E-state index contributed by atoms with van der Waals surface area (Å²) in [7, 11) is 0. The Morgan fingerprint density at radius 3 is 2.64 bits per heavy atom. The van der Waals surface area contributed by atoms with Gasteiger partial charge < -0.3 is 5.32 Å². The molecule has 1 aliphatic rings. The van der Waals surface area contributed by atoms with Gasteiger partial charge in [0.1, 0.15) is 0 Å². The molecule has 0 saturated carbocycles. The van der Waals surface area contributed by atoms with Gasteiger partial charge in [-0.2, -0.15) is 0 Å². The van der Waals surface area contributed by atoms with Gasteiger partial charge in [-0.15, -0.1) is 0 Å². The Kier molecular flexibility index (Phi) is 4.65. The minimum atomic E-state index is -0.223. The first-order chi connectivity index (χ1) is 10.8. The third-order valence-corrected chi connectivity index (χ3v) is 3.69. The molecule has 1 radical (unpaired) electrons. The molecule has 1 aromatic carbocycles. The Hall–Kier alpha value is -2.40. The van der Waals surface area contributed by atoms with Crippen molar-refractivity contribution in [3.8, 4) is 11.1 Å². The van der Waals surface area contributed by atoms with Crippen LogP contribution in [0, 0.1) is 6.20 Å². The van der Waals surface area contributed by atoms with Gasteiger partial charge in [0.25, 0.3) is 0 Å². The zero-order chi connectivity index (χ0) is 15.2. The highest BCUT2D eigenvalue weighted by atomic mass is 16.2. The topological polar surface area (TPSA) is 57.3 Å². The van der Waals surface area contributed by atoms with Crippen LogP contribution in [0.3, 0.4) is 0 Å². The number of amides is 2. The predicted octanol–water partition coefficient (Wildman–Crippen LogP) is 3.07. The molecule has 1 aliphatic heterocycles. The van der Waals surface area contributed by atoms with Crippen LogP contribution in [0.15, 0.2) is 42.6 Å². The van der Waals surface area contributed by atoms with E-state index in [0.717, 1.165) is 37.1 Å². The fourth-order valence-corrected chi connectivity index (χ4v) is 2.59. The number of carbonyl (C=O) groups is 1. The molecule has 2 N–H and O–H groups in total. The molecule has 0 aliphatic carbocycles. The summed E-state index contributed by atoms with van der Waals surface area (Å²) in [6.45, 7) is 1.81. The second kappa shape index (κ2) is 7.04. The van der Waals surface area contributed by atoms with E-state index in [-0.39, 0.29) is 6.03 Å². The summed E-state index contributed by atoms with van der Waals surface area (Å²) in [5.41, 5.74) is 5.36. The summed E-state index contributed by atoms with van der Waals surface area (Å²) >= 11 is 0. The van der Waals surface area contributed by atoms with Crippen LogP contribution >= 0.6 is 0 Å². The van der Waals surface area contributed by atoms with E-state index >= 15 is 0 Å². The molecule has 1 saturated heterocycles. The van der Waals surface area contributed by atoms with Gasteiger partial charge in [0.05, 0.1) is 11.9 Å². The molecule has 0 spiro atoms. The van der Waals surface area contributed by atoms with Crippen LogP contribution in [-0.2, 0) is 0 Å². The van der Waals surface area contributed by atoms with Gasteiger partial charge in [0, 0.05) is 24.8 Å². The average molecular weight is 295 g/mol. The van der Waals surface area contributed by atoms with Gasteiger partial charge in [-0.1, -0.05) is 36.8 Å². The highest BCUT2D eigenvalue weighted by molar-refractivity contribution is 5.93. The standard InChI is InChI=1S/C17H19N4O/c22-17(20-21-11-5-2-6-12-21)19-16-9-10-18-13-15(16)14-7-3-1-4-8-14/h1,3-4,7-10H,2,5-6,11-12H2,(H2,18,19,20,22). The van der Waals surface area contributed by atoms with Crippen molar-refractivity contribution in [2.45, 2.75) is 19.3 Å². The number of hydrogen-bond acceptors (Lipinski definition) is 3. The van der Waals surface area contributed by atoms with Gasteiger partial charge in [0.15, 0.2) is 0 Å². The van der Waals surface area contributed by atoms with Crippen molar-refractivity contribution in [2.75, 3.05) is 18.4 Å². The number of hydrogen-bond donors (Lipinski definition) is 2. The lowest BCUT2D eigenvalue weighted by molar-refractivity contribution is 0.162. The largest absolute Gasteiger partial charge is 0.333 e. The van der Waals surface area contributed by atoms with E-state index in [2.05, 4.69) is 21.9 Å². The lowest BCUT2D eigenvalue weighted by Gasteiger charge is -2.26. The molecule has 2 heterocycles. The predicted molar refractivity (Wildman–Crippen MR) is 86.1 cm³/mol. The summed E-state index contributed by atoms with van der Waals surface area (Å²) in [5.74, 6) is 0. The van der Waals surface area contributed by atoms with Crippen molar-refractivity contribution < 1.29 is 4.79 Å². The molecule has 2 amide bonds. The second-order valence-corrected chi connectivity index (χ2v) is 5.32. The average Bonchev–Trinajstić information content (AvgIpc) is 2.57. The van der Waals surface area contributed by atoms with E-state index in [1.165, 1.54) is 6.42 Å². The van der Waals surface area contributed by atoms with Crippen molar-refractivity contribution in [1.29, 1.82) is 0 Å². The highest BCUT2D eigenvalue weighted by Gasteiger charge is 2.14. The Morgan fingerprint density at radius 1 is 1.09 bits per heavy atom. The fraction of sp³-hybridized carbons (Fsp3) is 0.294. The summed E-state index contributed by atoms with van der Waals surface area (Å²) in [6.07, 6.45) is 8.06. The maximum Gasteiger partial charge on any atom is 0.333 e. The lowest BCUT2D eigenvalue weighted by Crippen LogP contribution is -2.46. The highest BCUT2D eigenvalue weighted by Crippen LogP contribution is 2.25. The number of aromatic nitrogens is 1. The maximum atomic E-state index is 12.2. The summed E-state index contributed by atoms with van der Waals surface area (Å²) in [6, 6.07) is 11.4. The minimum Gasteiger partial charge on any atom is -0.306 e. The van der Waals surface area contributed by atoms with Crippen LogP contribution in [-0.4, -0.2) is 29.1 Å². The molecule has 22 heavy (non-hydrogen) atoms. The molecule has 5 heteroatoms. The van der Waals surface area contributed by atoms with Gasteiger partial charge in [-0.05, 0) is 24.5 Å². The zero-order valence-electron chi connectivity index (χ0n) is 12.4. The monoisotopic (exact) mass is 295 g/mol. The molecule has 5 nitrogen and oxygen atoms in total. The molecule has 0 bridgehead atoms. The number of rotatable bonds is 3. The summed E-state index contributed by atoms with van der Waals surface area (Å²) in [4.78, 5) is 16.2. The molecule has 0 unspecified atom stereocenters. The quantitative estimate of drug-likeness (QED) is 0.915. The number of urea groups is 1. The van der Waals surface area contributed by atoms with Gasteiger partial charge in [-0.25, -0.2) is 9.80 Å². The Balaban J connectivity index is 1.71. The van der Waals surface area contributed by atoms with Crippen LogP contribution in [0.4, 0.5) is 10.5 Å². The number of anilines is 1. The molecule has 1 fully saturated rings. The fourth-order valence-electron chi connectivity index (χ4n) is 2.59. The van der Waals surface area contributed by atoms with E-state index < -0.39 is 0 Å². The Bertz CT molecular complexity index is 624. The molecule has 3 rings (SSSR count). The van der Waals surface area contributed by atoms with Crippen LogP contribution in [0.5, 0.6) is 0 Å². The van der Waals surface area contributed by atoms with E-state index in [1.54, 1.807) is 12.3 Å². The SMILES string of the molecule is O=C(Nc1ccn[c]c1-c1ccccc1)NN1CCCCC1. The van der Waals surface area contributed by atoms with Crippen molar-refractivity contribution in [3.05, 3.63) is 48.8 Å². The van der Waals surface area contributed by atoms with E-state index in [9.17, 15) is 4.79 Å². The molecule has 0 atom stereocenters. The summed E-state index contributed by atoms with van der Waals surface area (Å²) in [5, 5.41) is 4.86. The molecule has 113 valence electrons. The van der Waals surface area contributed by atoms with Gasteiger partial charge >= 0.3 is 6.03 Å². The number of carbonyl (C=O) groups excluding carboxylic acids is 1. The first-order valence-corrected chi connectivity index (χ1v) is 7.57. The van der Waals surface area contributed by atoms with Crippen LogP contribution in [0.25, 0.3) is 11.1 Å². The molecular formula is C17H19N4O. The van der Waals surface area contributed by atoms with Crippen LogP contribution < -0.4 is 10.7 Å². The smallest absolute Gasteiger partial charge is 0.306 e. The molecule has 1 aromatic heterocycles. The Labute approximate surface area is 130 Å². The van der Waals surface area contributed by atoms with Crippen LogP contribution in [0.1, 0.15) is 19.3 Å². The number of nitrogens with one attached hydrogen (secondary N) is 2. The van der Waals surface area contributed by atoms with Crippen molar-refractivity contribution in [3.63, 3.8) is 0 Å². The summed E-state index contributed by atoms with van der Waals surface area (Å²) < 4.78 is 0. The first-order valence-electron chi connectivity index (χ1n) is 7.57. The maximum absolute atomic E-state index is 12.2. The van der Waals surface area contributed by atoms with Crippen LogP contribution in [0.2, 0.25) is 0 Å².